The minimum absolute atomic E-state index is 0.404. The molecule has 0 aromatic heterocycles. The lowest BCUT2D eigenvalue weighted by Gasteiger charge is -2.16. The van der Waals surface area contributed by atoms with Gasteiger partial charge in [-0.05, 0) is 49.2 Å². The van der Waals surface area contributed by atoms with Crippen LogP contribution in [0.4, 0.5) is 0 Å². The first-order chi connectivity index (χ1) is 11.8. The molecule has 0 amide bonds. The fourth-order valence-corrected chi connectivity index (χ4v) is 3.09. The second kappa shape index (κ2) is 7.98. The fraction of sp³-hybridized carbons (Fsp3) is 0.273. The maximum atomic E-state index is 6.03. The summed E-state index contributed by atoms with van der Waals surface area (Å²) in [4.78, 5) is 0. The van der Waals surface area contributed by atoms with E-state index in [1.54, 1.807) is 0 Å². The minimum Gasteiger partial charge on any atom is -0.493 e. The normalized spacial score (nSPS) is 12.2. The molecule has 0 heterocycles. The standard InChI is InChI=1S/C22H25NO/c1-17-11-13-18(14-12-17)20(16-23)8-5-15-24-22-10-4-7-19-6-2-3-9-21(19)22/h2-4,6-7,9-14,20H,5,8,15-16,23H2,1H3. The molecule has 24 heavy (non-hydrogen) atoms. The van der Waals surface area contributed by atoms with Crippen molar-refractivity contribution in [1.29, 1.82) is 0 Å². The summed E-state index contributed by atoms with van der Waals surface area (Å²) in [6.07, 6.45) is 2.04. The van der Waals surface area contributed by atoms with Gasteiger partial charge in [0.1, 0.15) is 5.75 Å². The van der Waals surface area contributed by atoms with Crippen LogP contribution in [0, 0.1) is 6.92 Å². The Hall–Kier alpha value is -2.32. The molecule has 0 saturated heterocycles. The molecule has 0 radical (unpaired) electrons. The molecule has 3 rings (SSSR count). The highest BCUT2D eigenvalue weighted by Crippen LogP contribution is 2.26. The Balaban J connectivity index is 1.56. The zero-order valence-corrected chi connectivity index (χ0v) is 14.2. The lowest BCUT2D eigenvalue weighted by Crippen LogP contribution is -2.13. The second-order valence-electron chi connectivity index (χ2n) is 6.31. The van der Waals surface area contributed by atoms with Gasteiger partial charge in [-0.1, -0.05) is 66.2 Å². The van der Waals surface area contributed by atoms with Crippen molar-refractivity contribution in [2.75, 3.05) is 13.2 Å². The van der Waals surface area contributed by atoms with Crippen molar-refractivity contribution in [3.63, 3.8) is 0 Å². The summed E-state index contributed by atoms with van der Waals surface area (Å²) in [5.41, 5.74) is 8.58. The minimum atomic E-state index is 0.404. The SMILES string of the molecule is Cc1ccc(C(CN)CCCOc2cccc3ccccc23)cc1. The first-order valence-corrected chi connectivity index (χ1v) is 8.65. The van der Waals surface area contributed by atoms with Crippen molar-refractivity contribution >= 4 is 10.8 Å². The van der Waals surface area contributed by atoms with Crippen LogP contribution in [0.15, 0.2) is 66.7 Å². The Bertz CT molecular complexity index is 774. The Morgan fingerprint density at radius 3 is 2.46 bits per heavy atom. The molecule has 2 N–H and O–H groups in total. The molecule has 124 valence electrons. The molecule has 3 aromatic rings. The number of hydrogen-bond donors (Lipinski definition) is 1. The highest BCUT2D eigenvalue weighted by Gasteiger charge is 2.09. The number of fused-ring (bicyclic) bond motifs is 1. The first-order valence-electron chi connectivity index (χ1n) is 8.65. The average molecular weight is 319 g/mol. The monoisotopic (exact) mass is 319 g/mol. The number of rotatable bonds is 7. The zero-order chi connectivity index (χ0) is 16.8. The van der Waals surface area contributed by atoms with E-state index in [0.717, 1.165) is 25.2 Å². The van der Waals surface area contributed by atoms with Gasteiger partial charge in [0.2, 0.25) is 0 Å². The van der Waals surface area contributed by atoms with E-state index in [9.17, 15) is 0 Å². The Morgan fingerprint density at radius 1 is 0.917 bits per heavy atom. The van der Waals surface area contributed by atoms with Gasteiger partial charge in [0.25, 0.3) is 0 Å². The molecule has 1 unspecified atom stereocenters. The molecule has 2 heteroatoms. The molecular weight excluding hydrogens is 294 g/mol. The van der Waals surface area contributed by atoms with E-state index in [0.29, 0.717) is 12.5 Å². The second-order valence-corrected chi connectivity index (χ2v) is 6.31. The van der Waals surface area contributed by atoms with Crippen molar-refractivity contribution in [3.05, 3.63) is 77.9 Å². The molecule has 0 spiro atoms. The maximum absolute atomic E-state index is 6.03. The summed E-state index contributed by atoms with van der Waals surface area (Å²) in [5.74, 6) is 1.37. The van der Waals surface area contributed by atoms with E-state index < -0.39 is 0 Å². The Morgan fingerprint density at radius 2 is 1.67 bits per heavy atom. The molecule has 2 nitrogen and oxygen atoms in total. The van der Waals surface area contributed by atoms with Gasteiger partial charge >= 0.3 is 0 Å². The van der Waals surface area contributed by atoms with Crippen LogP contribution >= 0.6 is 0 Å². The van der Waals surface area contributed by atoms with Gasteiger partial charge in [-0.3, -0.25) is 0 Å². The van der Waals surface area contributed by atoms with Crippen molar-refractivity contribution in [2.24, 2.45) is 5.73 Å². The summed E-state index contributed by atoms with van der Waals surface area (Å²) < 4.78 is 6.03. The molecule has 0 aliphatic rings. The Kier molecular flexibility index (Phi) is 5.50. The smallest absolute Gasteiger partial charge is 0.127 e. The fourth-order valence-electron chi connectivity index (χ4n) is 3.09. The highest BCUT2D eigenvalue weighted by molar-refractivity contribution is 5.88. The summed E-state index contributed by atoms with van der Waals surface area (Å²) in [7, 11) is 0. The number of hydrogen-bond acceptors (Lipinski definition) is 2. The number of nitrogens with two attached hydrogens (primary N) is 1. The van der Waals surface area contributed by atoms with E-state index in [2.05, 4.69) is 61.5 Å². The summed E-state index contributed by atoms with van der Waals surface area (Å²) in [6, 6.07) is 23.2. The lowest BCUT2D eigenvalue weighted by molar-refractivity contribution is 0.305. The van der Waals surface area contributed by atoms with Crippen LogP contribution in [0.2, 0.25) is 0 Å². The third kappa shape index (κ3) is 3.95. The van der Waals surface area contributed by atoms with Crippen molar-refractivity contribution < 1.29 is 4.74 Å². The molecule has 0 bridgehead atoms. The largest absolute Gasteiger partial charge is 0.493 e. The van der Waals surface area contributed by atoms with Crippen LogP contribution in [-0.2, 0) is 0 Å². The summed E-state index contributed by atoms with van der Waals surface area (Å²) >= 11 is 0. The predicted octanol–water partition coefficient (Wildman–Crippen LogP) is 5.05. The van der Waals surface area contributed by atoms with Gasteiger partial charge in [0.15, 0.2) is 0 Å². The van der Waals surface area contributed by atoms with E-state index >= 15 is 0 Å². The summed E-state index contributed by atoms with van der Waals surface area (Å²) in [6.45, 7) is 3.51. The Labute approximate surface area is 144 Å². The number of benzene rings is 3. The van der Waals surface area contributed by atoms with Gasteiger partial charge in [-0.25, -0.2) is 0 Å². The first kappa shape index (κ1) is 16.5. The van der Waals surface area contributed by atoms with Crippen LogP contribution in [0.1, 0.15) is 29.9 Å². The van der Waals surface area contributed by atoms with Crippen LogP contribution < -0.4 is 10.5 Å². The average Bonchev–Trinajstić information content (AvgIpc) is 2.63. The van der Waals surface area contributed by atoms with Crippen molar-refractivity contribution in [2.45, 2.75) is 25.7 Å². The molecule has 0 aliphatic heterocycles. The van der Waals surface area contributed by atoms with E-state index in [-0.39, 0.29) is 0 Å². The summed E-state index contributed by atoms with van der Waals surface area (Å²) in [5, 5.41) is 2.39. The number of ether oxygens (including phenoxy) is 1. The molecular formula is C22H25NO. The lowest BCUT2D eigenvalue weighted by atomic mass is 9.94. The maximum Gasteiger partial charge on any atom is 0.127 e. The van der Waals surface area contributed by atoms with Crippen molar-refractivity contribution in [3.8, 4) is 5.75 Å². The molecule has 3 aromatic carbocycles. The van der Waals surface area contributed by atoms with Gasteiger partial charge in [-0.15, -0.1) is 0 Å². The molecule has 0 saturated carbocycles. The third-order valence-electron chi connectivity index (χ3n) is 4.54. The van der Waals surface area contributed by atoms with E-state index in [4.69, 9.17) is 10.5 Å². The van der Waals surface area contributed by atoms with E-state index in [1.807, 2.05) is 12.1 Å². The topological polar surface area (TPSA) is 35.2 Å². The number of aryl methyl sites for hydroxylation is 1. The van der Waals surface area contributed by atoms with E-state index in [1.165, 1.54) is 21.9 Å². The quantitative estimate of drug-likeness (QED) is 0.618. The molecule has 0 fully saturated rings. The van der Waals surface area contributed by atoms with Gasteiger partial charge < -0.3 is 10.5 Å². The van der Waals surface area contributed by atoms with Gasteiger partial charge in [0, 0.05) is 5.39 Å². The van der Waals surface area contributed by atoms with Crippen LogP contribution in [0.5, 0.6) is 5.75 Å². The van der Waals surface area contributed by atoms with Crippen LogP contribution in [-0.4, -0.2) is 13.2 Å². The van der Waals surface area contributed by atoms with Crippen LogP contribution in [0.25, 0.3) is 10.8 Å². The van der Waals surface area contributed by atoms with Gasteiger partial charge in [-0.2, -0.15) is 0 Å². The third-order valence-corrected chi connectivity index (χ3v) is 4.54. The molecule has 1 atom stereocenters. The van der Waals surface area contributed by atoms with Gasteiger partial charge in [0.05, 0.1) is 6.61 Å². The van der Waals surface area contributed by atoms with Crippen molar-refractivity contribution in [1.82, 2.24) is 0 Å². The predicted molar refractivity (Wildman–Crippen MR) is 102 cm³/mol. The highest BCUT2D eigenvalue weighted by atomic mass is 16.5. The van der Waals surface area contributed by atoms with Crippen LogP contribution in [0.3, 0.4) is 0 Å². The molecule has 0 aliphatic carbocycles. The zero-order valence-electron chi connectivity index (χ0n) is 14.2.